The highest BCUT2D eigenvalue weighted by atomic mass is 35.5. The number of esters is 2. The van der Waals surface area contributed by atoms with Crippen molar-refractivity contribution in [2.24, 2.45) is 5.73 Å². The van der Waals surface area contributed by atoms with Gasteiger partial charge in [0.15, 0.2) is 0 Å². The van der Waals surface area contributed by atoms with Crippen LogP contribution >= 0.6 is 11.6 Å². The fraction of sp³-hybridized carbons (Fsp3) is 0.429. The molecule has 0 saturated carbocycles. The zero-order valence-electron chi connectivity index (χ0n) is 17.2. The second-order valence-electron chi connectivity index (χ2n) is 6.43. The number of allylic oxidation sites excluding steroid dienone is 1. The molecule has 7 nitrogen and oxygen atoms in total. The molecular weight excluding hydrogens is 396 g/mol. The lowest BCUT2D eigenvalue weighted by molar-refractivity contribution is -0.139. The van der Waals surface area contributed by atoms with Crippen LogP contribution in [0.25, 0.3) is 0 Å². The van der Waals surface area contributed by atoms with Crippen molar-refractivity contribution in [3.63, 3.8) is 0 Å². The molecule has 1 unspecified atom stereocenters. The number of likely N-dealkylation sites (N-methyl/N-ethyl adjacent to an activating group) is 1. The van der Waals surface area contributed by atoms with Crippen molar-refractivity contribution in [1.29, 1.82) is 0 Å². The van der Waals surface area contributed by atoms with Gasteiger partial charge < -0.3 is 24.8 Å². The highest BCUT2D eigenvalue weighted by Gasteiger charge is 2.41. The average molecular weight is 423 g/mol. The summed E-state index contributed by atoms with van der Waals surface area (Å²) >= 11 is 6.47. The lowest BCUT2D eigenvalue weighted by Gasteiger charge is -2.37. The molecule has 1 aliphatic rings. The molecule has 8 heteroatoms. The van der Waals surface area contributed by atoms with Crippen LogP contribution < -0.4 is 5.73 Å². The Hall–Kier alpha value is -2.35. The summed E-state index contributed by atoms with van der Waals surface area (Å²) in [5, 5.41) is 0.431. The fourth-order valence-corrected chi connectivity index (χ4v) is 3.60. The topological polar surface area (TPSA) is 91.1 Å². The maximum absolute atomic E-state index is 13.0. The van der Waals surface area contributed by atoms with Crippen LogP contribution in [-0.2, 0) is 23.8 Å². The van der Waals surface area contributed by atoms with Gasteiger partial charge in [0.2, 0.25) is 0 Å². The largest absolute Gasteiger partial charge is 0.466 e. The predicted molar refractivity (Wildman–Crippen MR) is 110 cm³/mol. The van der Waals surface area contributed by atoms with Gasteiger partial charge in [0.25, 0.3) is 0 Å². The number of carbonyl (C=O) groups is 2. The van der Waals surface area contributed by atoms with Crippen LogP contribution in [0.5, 0.6) is 0 Å². The van der Waals surface area contributed by atoms with E-state index in [2.05, 4.69) is 0 Å². The Morgan fingerprint density at radius 2 is 1.90 bits per heavy atom. The minimum absolute atomic E-state index is 0.134. The van der Waals surface area contributed by atoms with Gasteiger partial charge in [0, 0.05) is 24.3 Å². The lowest BCUT2D eigenvalue weighted by atomic mass is 9.79. The van der Waals surface area contributed by atoms with Gasteiger partial charge in [-0.2, -0.15) is 0 Å². The molecule has 0 aromatic heterocycles. The van der Waals surface area contributed by atoms with E-state index >= 15 is 0 Å². The van der Waals surface area contributed by atoms with Gasteiger partial charge >= 0.3 is 11.9 Å². The maximum Gasteiger partial charge on any atom is 0.336 e. The minimum atomic E-state index is -0.747. The Bertz CT molecular complexity index is 834. The van der Waals surface area contributed by atoms with Gasteiger partial charge in [-0.05, 0) is 25.5 Å². The number of nitrogens with two attached hydrogens (primary N) is 1. The first-order valence-electron chi connectivity index (χ1n) is 9.34. The summed E-state index contributed by atoms with van der Waals surface area (Å²) in [7, 11) is 3.07. The summed E-state index contributed by atoms with van der Waals surface area (Å²) in [6.07, 6.45) is 0. The second-order valence-corrected chi connectivity index (χ2v) is 6.83. The molecule has 0 radical (unpaired) electrons. The standard InChI is InChI=1S/C21H27ClN2O5/c1-5-29-21(26)19-16(12-28-11-10-23)24(3)13(2)17(20(25)27-4)18(19)14-8-6-7-9-15(14)22/h6-9,18H,5,10-12,23H2,1-4H3. The Balaban J connectivity index is 2.76. The maximum atomic E-state index is 13.0. The molecular formula is C21H27ClN2O5. The number of carbonyl (C=O) groups excluding carboxylic acids is 2. The monoisotopic (exact) mass is 422 g/mol. The number of ether oxygens (including phenoxy) is 3. The first-order valence-corrected chi connectivity index (χ1v) is 9.71. The van der Waals surface area contributed by atoms with Gasteiger partial charge in [-0.3, -0.25) is 0 Å². The van der Waals surface area contributed by atoms with Crippen molar-refractivity contribution in [3.05, 3.63) is 57.4 Å². The third-order valence-electron chi connectivity index (χ3n) is 4.80. The van der Waals surface area contributed by atoms with Crippen LogP contribution in [0.15, 0.2) is 46.8 Å². The summed E-state index contributed by atoms with van der Waals surface area (Å²) in [6.45, 7) is 4.52. The smallest absolute Gasteiger partial charge is 0.336 e. The average Bonchev–Trinajstić information content (AvgIpc) is 2.71. The molecule has 1 aromatic carbocycles. The molecule has 0 amide bonds. The number of rotatable bonds is 8. The van der Waals surface area contributed by atoms with Crippen molar-refractivity contribution >= 4 is 23.5 Å². The first-order chi connectivity index (χ1) is 13.9. The Labute approximate surface area is 176 Å². The van der Waals surface area contributed by atoms with Gasteiger partial charge in [0.05, 0.1) is 49.7 Å². The van der Waals surface area contributed by atoms with Crippen LogP contribution in [0.4, 0.5) is 0 Å². The van der Waals surface area contributed by atoms with E-state index in [0.29, 0.717) is 46.3 Å². The third kappa shape index (κ3) is 4.80. The molecule has 2 rings (SSSR count). The molecule has 2 N–H and O–H groups in total. The number of halogens is 1. The van der Waals surface area contributed by atoms with Crippen molar-refractivity contribution < 1.29 is 23.8 Å². The van der Waals surface area contributed by atoms with E-state index in [0.717, 1.165) is 0 Å². The molecule has 29 heavy (non-hydrogen) atoms. The predicted octanol–water partition coefficient (Wildman–Crippen LogP) is 2.61. The molecule has 0 aliphatic carbocycles. The molecule has 0 fully saturated rings. The van der Waals surface area contributed by atoms with Crippen molar-refractivity contribution in [1.82, 2.24) is 4.90 Å². The molecule has 1 heterocycles. The molecule has 0 saturated heterocycles. The van der Waals surface area contributed by atoms with E-state index in [-0.39, 0.29) is 13.2 Å². The summed E-state index contributed by atoms with van der Waals surface area (Å²) in [5.41, 5.74) is 8.00. The molecule has 1 atom stereocenters. The number of methoxy groups -OCH3 is 1. The Kier molecular flexibility index (Phi) is 8.25. The van der Waals surface area contributed by atoms with E-state index in [1.165, 1.54) is 7.11 Å². The van der Waals surface area contributed by atoms with E-state index in [9.17, 15) is 9.59 Å². The van der Waals surface area contributed by atoms with E-state index < -0.39 is 17.9 Å². The number of hydrogen-bond acceptors (Lipinski definition) is 7. The van der Waals surface area contributed by atoms with E-state index in [4.69, 9.17) is 31.5 Å². The van der Waals surface area contributed by atoms with E-state index in [1.54, 1.807) is 50.1 Å². The van der Waals surface area contributed by atoms with Gasteiger partial charge in [-0.25, -0.2) is 9.59 Å². The van der Waals surface area contributed by atoms with Crippen LogP contribution in [0, 0.1) is 0 Å². The van der Waals surface area contributed by atoms with E-state index in [1.807, 2.05) is 0 Å². The third-order valence-corrected chi connectivity index (χ3v) is 5.15. The zero-order valence-corrected chi connectivity index (χ0v) is 17.9. The number of hydrogen-bond donors (Lipinski definition) is 1. The molecule has 0 spiro atoms. The summed E-state index contributed by atoms with van der Waals surface area (Å²) in [6, 6.07) is 7.09. The minimum Gasteiger partial charge on any atom is -0.466 e. The van der Waals surface area contributed by atoms with Crippen molar-refractivity contribution in [2.45, 2.75) is 19.8 Å². The summed E-state index contributed by atoms with van der Waals surface area (Å²) in [4.78, 5) is 27.5. The molecule has 158 valence electrons. The Morgan fingerprint density at radius 3 is 2.48 bits per heavy atom. The van der Waals surface area contributed by atoms with Crippen LogP contribution in [0.2, 0.25) is 5.02 Å². The highest BCUT2D eigenvalue weighted by Crippen LogP contribution is 2.44. The van der Waals surface area contributed by atoms with Gasteiger partial charge in [0.1, 0.15) is 0 Å². The fourth-order valence-electron chi connectivity index (χ4n) is 3.35. The normalized spacial score (nSPS) is 16.9. The highest BCUT2D eigenvalue weighted by molar-refractivity contribution is 6.31. The zero-order chi connectivity index (χ0) is 21.6. The Morgan fingerprint density at radius 1 is 1.21 bits per heavy atom. The van der Waals surface area contributed by atoms with Crippen LogP contribution in [0.3, 0.4) is 0 Å². The molecule has 0 bridgehead atoms. The van der Waals surface area contributed by atoms with Gasteiger partial charge in [-0.1, -0.05) is 29.8 Å². The first kappa shape index (κ1) is 22.9. The summed E-state index contributed by atoms with van der Waals surface area (Å²) in [5.74, 6) is -1.82. The lowest BCUT2D eigenvalue weighted by Crippen LogP contribution is -2.36. The number of nitrogens with zero attached hydrogens (tertiary/aromatic N) is 1. The van der Waals surface area contributed by atoms with Crippen LogP contribution in [0.1, 0.15) is 25.3 Å². The van der Waals surface area contributed by atoms with Crippen molar-refractivity contribution in [2.75, 3.05) is 40.5 Å². The SMILES string of the molecule is CCOC(=O)C1=C(COCCN)N(C)C(C)=C(C(=O)OC)C1c1ccccc1Cl. The molecule has 1 aliphatic heterocycles. The quantitative estimate of drug-likeness (QED) is 0.508. The van der Waals surface area contributed by atoms with Gasteiger partial charge in [-0.15, -0.1) is 0 Å². The summed E-state index contributed by atoms with van der Waals surface area (Å²) < 4.78 is 16.0. The van der Waals surface area contributed by atoms with Crippen LogP contribution in [-0.4, -0.2) is 57.4 Å². The number of benzene rings is 1. The molecule has 1 aromatic rings. The van der Waals surface area contributed by atoms with Crippen molar-refractivity contribution in [3.8, 4) is 0 Å². The second kappa shape index (κ2) is 10.4.